The highest BCUT2D eigenvalue weighted by Crippen LogP contribution is 2.75. The molecule has 0 aromatic rings. The van der Waals surface area contributed by atoms with Crippen molar-refractivity contribution in [2.24, 2.45) is 50.2 Å². The van der Waals surface area contributed by atoms with E-state index in [0.29, 0.717) is 36.6 Å². The van der Waals surface area contributed by atoms with Gasteiger partial charge in [0.05, 0.1) is 19.4 Å². The van der Waals surface area contributed by atoms with Crippen LogP contribution in [-0.4, -0.2) is 29.4 Å². The zero-order valence-electron chi connectivity index (χ0n) is 25.6. The molecule has 5 nitrogen and oxygen atoms in total. The van der Waals surface area contributed by atoms with Crippen molar-refractivity contribution in [2.45, 2.75) is 126 Å². The number of rotatable bonds is 5. The van der Waals surface area contributed by atoms with Gasteiger partial charge < -0.3 is 9.84 Å². The molecule has 0 saturated heterocycles. The van der Waals surface area contributed by atoms with Crippen molar-refractivity contribution in [1.82, 2.24) is 0 Å². The number of fused-ring (bicyclic) bond motifs is 7. The van der Waals surface area contributed by atoms with Gasteiger partial charge in [-0.1, -0.05) is 60.1 Å². The Morgan fingerprint density at radius 2 is 1.62 bits per heavy atom. The molecule has 7 atom stereocenters. The fourth-order valence-corrected chi connectivity index (χ4v) is 10.9. The molecule has 5 aliphatic rings. The van der Waals surface area contributed by atoms with Gasteiger partial charge in [0.2, 0.25) is 0 Å². The van der Waals surface area contributed by atoms with E-state index in [0.717, 1.165) is 51.4 Å². The minimum absolute atomic E-state index is 0.0523. The van der Waals surface area contributed by atoms with Crippen molar-refractivity contribution in [3.8, 4) is 0 Å². The van der Waals surface area contributed by atoms with Gasteiger partial charge in [-0.2, -0.15) is 0 Å². The second-order valence-corrected chi connectivity index (χ2v) is 16.3. The average Bonchev–Trinajstić information content (AvgIpc) is 2.84. The number of hydrogen-bond donors (Lipinski definition) is 1. The number of hydrogen-bond acceptors (Lipinski definition) is 4. The van der Waals surface area contributed by atoms with E-state index in [2.05, 4.69) is 54.5 Å². The number of carbonyl (C=O) groups excluding carboxylic acids is 2. The summed E-state index contributed by atoms with van der Waals surface area (Å²) in [7, 11) is 0. The van der Waals surface area contributed by atoms with Gasteiger partial charge >= 0.3 is 11.9 Å². The summed E-state index contributed by atoms with van der Waals surface area (Å²) < 4.78 is 5.86. The second-order valence-electron chi connectivity index (χ2n) is 16.3. The summed E-state index contributed by atoms with van der Waals surface area (Å²) in [6.07, 6.45) is 13.0. The van der Waals surface area contributed by atoms with Crippen molar-refractivity contribution in [3.63, 3.8) is 0 Å². The summed E-state index contributed by atoms with van der Waals surface area (Å²) in [6.45, 7) is 17.3. The Hall–Kier alpha value is -1.65. The van der Waals surface area contributed by atoms with E-state index in [-0.39, 0.29) is 51.3 Å². The molecule has 218 valence electrons. The Balaban J connectivity index is 1.48. The Morgan fingerprint density at radius 3 is 2.31 bits per heavy atom. The number of esters is 1. The minimum atomic E-state index is -0.958. The van der Waals surface area contributed by atoms with Crippen LogP contribution in [0.3, 0.4) is 0 Å². The molecule has 0 radical (unpaired) electrons. The fourth-order valence-electron chi connectivity index (χ4n) is 10.9. The number of aliphatic carboxylic acids is 1. The van der Waals surface area contributed by atoms with Crippen molar-refractivity contribution >= 4 is 17.7 Å². The number of ketones is 1. The van der Waals surface area contributed by atoms with Crippen LogP contribution in [0.4, 0.5) is 0 Å². The molecule has 4 fully saturated rings. The predicted octanol–water partition coefficient (Wildman–Crippen LogP) is 7.77. The van der Waals surface area contributed by atoms with Crippen molar-refractivity contribution in [1.29, 1.82) is 0 Å². The lowest BCUT2D eigenvalue weighted by Crippen LogP contribution is -2.64. The van der Waals surface area contributed by atoms with Crippen LogP contribution in [0, 0.1) is 50.2 Å². The quantitative estimate of drug-likeness (QED) is 0.285. The van der Waals surface area contributed by atoms with E-state index >= 15 is 0 Å². The van der Waals surface area contributed by atoms with E-state index < -0.39 is 5.97 Å². The number of Topliss-reactive ketones (excluding diaryl/α,β-unsaturated/α-hetero) is 1. The minimum Gasteiger partial charge on any atom is -0.481 e. The standard InChI is InChI=1S/C34H52O5/c1-29(2)16-18-34(21-39-28(38)11-10-27(36)37)19-17-32(6)22(23(34)20-29)8-9-25-31(5)14-13-26(35)30(3,4)24(31)12-15-33(25,32)7/h8,23-25H,9-21H2,1-7H3,(H,36,37)/t23-,24-,25?,31-,32+,33+,34+/m0/s1. The van der Waals surface area contributed by atoms with E-state index in [1.165, 1.54) is 6.42 Å². The Labute approximate surface area is 235 Å². The predicted molar refractivity (Wildman–Crippen MR) is 152 cm³/mol. The first-order chi connectivity index (χ1) is 18.0. The van der Waals surface area contributed by atoms with Gasteiger partial charge in [-0.05, 0) is 97.2 Å². The summed E-state index contributed by atoms with van der Waals surface area (Å²) in [5, 5.41) is 9.00. The highest BCUT2D eigenvalue weighted by atomic mass is 16.5. The topological polar surface area (TPSA) is 80.7 Å². The van der Waals surface area contributed by atoms with Crippen LogP contribution in [-0.2, 0) is 19.1 Å². The zero-order chi connectivity index (χ0) is 28.6. The van der Waals surface area contributed by atoms with Crippen molar-refractivity contribution in [2.75, 3.05) is 6.61 Å². The Morgan fingerprint density at radius 1 is 0.923 bits per heavy atom. The van der Waals surface area contributed by atoms with Gasteiger partial charge in [-0.15, -0.1) is 0 Å². The SMILES string of the molecule is CC1(C)CC[C@]2(COC(=O)CCC(=O)O)CC[C@]3(C)C(=CCC4[C@@]5(C)CCC(=O)C(C)(C)[C@@H]5CC[C@]43C)[C@@H]2C1. The summed E-state index contributed by atoms with van der Waals surface area (Å²) in [6, 6.07) is 0. The van der Waals surface area contributed by atoms with Crippen molar-refractivity contribution in [3.05, 3.63) is 11.6 Å². The first-order valence-corrected chi connectivity index (χ1v) is 15.6. The van der Waals surface area contributed by atoms with Crippen LogP contribution in [0.2, 0.25) is 0 Å². The first kappa shape index (κ1) is 28.9. The van der Waals surface area contributed by atoms with Crippen LogP contribution >= 0.6 is 0 Å². The summed E-state index contributed by atoms with van der Waals surface area (Å²) in [5.41, 5.74) is 2.04. The monoisotopic (exact) mass is 540 g/mol. The molecule has 4 saturated carbocycles. The lowest BCUT2D eigenvalue weighted by atomic mass is 9.33. The molecule has 1 unspecified atom stereocenters. The molecule has 1 N–H and O–H groups in total. The molecule has 0 aromatic carbocycles. The zero-order valence-corrected chi connectivity index (χ0v) is 25.6. The maximum Gasteiger partial charge on any atom is 0.306 e. The van der Waals surface area contributed by atoms with Gasteiger partial charge in [0, 0.05) is 17.3 Å². The van der Waals surface area contributed by atoms with Gasteiger partial charge in [-0.3, -0.25) is 14.4 Å². The van der Waals surface area contributed by atoms with Crippen LogP contribution in [0.15, 0.2) is 11.6 Å². The van der Waals surface area contributed by atoms with Crippen molar-refractivity contribution < 1.29 is 24.2 Å². The van der Waals surface area contributed by atoms with E-state index in [4.69, 9.17) is 9.84 Å². The third-order valence-corrected chi connectivity index (χ3v) is 13.6. The Kier molecular flexibility index (Phi) is 6.79. The molecular formula is C34H52O5. The smallest absolute Gasteiger partial charge is 0.306 e. The Bertz CT molecular complexity index is 1090. The molecule has 0 amide bonds. The number of carboxylic acid groups (broad SMARTS) is 1. The highest BCUT2D eigenvalue weighted by molar-refractivity contribution is 5.85. The van der Waals surface area contributed by atoms with E-state index in [9.17, 15) is 14.4 Å². The molecule has 0 aromatic heterocycles. The van der Waals surface area contributed by atoms with Gasteiger partial charge in [0.25, 0.3) is 0 Å². The molecule has 5 aliphatic carbocycles. The van der Waals surface area contributed by atoms with E-state index in [1.54, 1.807) is 5.57 Å². The van der Waals surface area contributed by atoms with Crippen LogP contribution in [0.1, 0.15) is 126 Å². The highest BCUT2D eigenvalue weighted by Gasteiger charge is 2.68. The van der Waals surface area contributed by atoms with Gasteiger partial charge in [-0.25, -0.2) is 0 Å². The summed E-state index contributed by atoms with van der Waals surface area (Å²) >= 11 is 0. The van der Waals surface area contributed by atoms with Gasteiger partial charge in [0.1, 0.15) is 5.78 Å². The molecule has 5 heteroatoms. The maximum absolute atomic E-state index is 13.0. The molecule has 39 heavy (non-hydrogen) atoms. The lowest BCUT2D eigenvalue weighted by molar-refractivity contribution is -0.188. The number of ether oxygens (including phenoxy) is 1. The fraction of sp³-hybridized carbons (Fsp3) is 0.853. The molecule has 0 heterocycles. The summed E-state index contributed by atoms with van der Waals surface area (Å²) in [5.74, 6) is 0.526. The largest absolute Gasteiger partial charge is 0.481 e. The molecule has 0 aliphatic heterocycles. The third-order valence-electron chi connectivity index (χ3n) is 13.6. The number of allylic oxidation sites excluding steroid dienone is 2. The first-order valence-electron chi connectivity index (χ1n) is 15.6. The number of carbonyl (C=O) groups is 3. The van der Waals surface area contributed by atoms with Gasteiger partial charge in [0.15, 0.2) is 0 Å². The number of carboxylic acids is 1. The average molecular weight is 541 g/mol. The maximum atomic E-state index is 13.0. The summed E-state index contributed by atoms with van der Waals surface area (Å²) in [4.78, 5) is 36.5. The normalized spacial score (nSPS) is 44.1. The van der Waals surface area contributed by atoms with Crippen LogP contribution in [0.25, 0.3) is 0 Å². The van der Waals surface area contributed by atoms with Crippen LogP contribution in [0.5, 0.6) is 0 Å². The molecule has 0 spiro atoms. The third kappa shape index (κ3) is 4.26. The van der Waals surface area contributed by atoms with Crippen LogP contribution < -0.4 is 0 Å². The molecular weight excluding hydrogens is 488 g/mol. The lowest BCUT2D eigenvalue weighted by Gasteiger charge is -2.70. The molecule has 0 bridgehead atoms. The second kappa shape index (κ2) is 9.18. The van der Waals surface area contributed by atoms with E-state index in [1.807, 2.05) is 0 Å². The molecule has 5 rings (SSSR count).